The lowest BCUT2D eigenvalue weighted by atomic mass is 10.2. The van der Waals surface area contributed by atoms with Crippen molar-refractivity contribution in [1.29, 1.82) is 0 Å². The highest BCUT2D eigenvalue weighted by molar-refractivity contribution is 5.46. The lowest BCUT2D eigenvalue weighted by Crippen LogP contribution is -2.08. The number of hydrogen-bond donors (Lipinski definition) is 1. The summed E-state index contributed by atoms with van der Waals surface area (Å²) in [4.78, 5) is 0. The summed E-state index contributed by atoms with van der Waals surface area (Å²) in [5.41, 5.74) is 0.598. The first kappa shape index (κ1) is 12.5. The minimum Gasteiger partial charge on any atom is -0.375 e. The average Bonchev–Trinajstić information content (AvgIpc) is 2.75. The van der Waals surface area contributed by atoms with Crippen molar-refractivity contribution in [3.8, 4) is 0 Å². The summed E-state index contributed by atoms with van der Waals surface area (Å²) in [6.07, 6.45) is 1.88. The normalized spacial score (nSPS) is 10.7. The zero-order chi connectivity index (χ0) is 13.1. The highest BCUT2D eigenvalue weighted by Gasteiger charge is 2.11. The molecule has 0 spiro atoms. The molecule has 0 saturated carbocycles. The summed E-state index contributed by atoms with van der Waals surface area (Å²) in [6.45, 7) is 3.03. The first-order chi connectivity index (χ1) is 8.61. The molecular formula is C13H13F3N2. The molecule has 1 aromatic carbocycles. The Kier molecular flexibility index (Phi) is 3.60. The molecule has 2 aromatic rings. The molecule has 2 nitrogen and oxygen atoms in total. The molecule has 0 aliphatic heterocycles. The minimum atomic E-state index is -0.929. The van der Waals surface area contributed by atoms with Crippen LogP contribution in [0.2, 0.25) is 0 Å². The Balaban J connectivity index is 2.16. The summed E-state index contributed by atoms with van der Waals surface area (Å²) in [7, 11) is 0. The van der Waals surface area contributed by atoms with Gasteiger partial charge in [0.15, 0.2) is 11.6 Å². The molecule has 1 N–H and O–H groups in total. The number of halogens is 3. The van der Waals surface area contributed by atoms with Gasteiger partial charge >= 0.3 is 0 Å². The van der Waals surface area contributed by atoms with E-state index in [9.17, 15) is 13.2 Å². The van der Waals surface area contributed by atoms with Crippen LogP contribution in [0.25, 0.3) is 0 Å². The molecule has 18 heavy (non-hydrogen) atoms. The summed E-state index contributed by atoms with van der Waals surface area (Å²) < 4.78 is 41.4. The van der Waals surface area contributed by atoms with Gasteiger partial charge in [-0.25, -0.2) is 13.2 Å². The van der Waals surface area contributed by atoms with Crippen molar-refractivity contribution in [2.45, 2.75) is 20.0 Å². The van der Waals surface area contributed by atoms with E-state index in [1.807, 2.05) is 29.8 Å². The SMILES string of the molecule is CCn1cccc1CNc1c(F)cc(F)cc1F. The average molecular weight is 254 g/mol. The van der Waals surface area contributed by atoms with Crippen LogP contribution in [0.3, 0.4) is 0 Å². The molecule has 0 fully saturated rings. The maximum Gasteiger partial charge on any atom is 0.152 e. The van der Waals surface area contributed by atoms with Crippen molar-refractivity contribution in [3.05, 3.63) is 53.6 Å². The van der Waals surface area contributed by atoms with Crippen molar-refractivity contribution in [2.24, 2.45) is 0 Å². The van der Waals surface area contributed by atoms with Gasteiger partial charge in [-0.15, -0.1) is 0 Å². The number of benzene rings is 1. The Morgan fingerprint density at radius 2 is 1.83 bits per heavy atom. The molecule has 0 radical (unpaired) electrons. The van der Waals surface area contributed by atoms with Gasteiger partial charge in [0.25, 0.3) is 0 Å². The molecule has 0 atom stereocenters. The molecule has 0 unspecified atom stereocenters. The van der Waals surface area contributed by atoms with Crippen molar-refractivity contribution in [2.75, 3.05) is 5.32 Å². The van der Waals surface area contributed by atoms with Crippen LogP contribution in [-0.2, 0) is 13.1 Å². The zero-order valence-corrected chi connectivity index (χ0v) is 9.88. The maximum atomic E-state index is 13.4. The highest BCUT2D eigenvalue weighted by Crippen LogP contribution is 2.20. The Hall–Kier alpha value is -1.91. The fraction of sp³-hybridized carbons (Fsp3) is 0.231. The van der Waals surface area contributed by atoms with E-state index in [0.29, 0.717) is 12.1 Å². The molecule has 0 aliphatic carbocycles. The van der Waals surface area contributed by atoms with Crippen LogP contribution in [0.1, 0.15) is 12.6 Å². The first-order valence-corrected chi connectivity index (χ1v) is 5.64. The molecule has 1 aromatic heterocycles. The first-order valence-electron chi connectivity index (χ1n) is 5.64. The predicted octanol–water partition coefficient (Wildman–Crippen LogP) is 3.54. The third-order valence-corrected chi connectivity index (χ3v) is 2.72. The van der Waals surface area contributed by atoms with Gasteiger partial charge in [-0.1, -0.05) is 0 Å². The van der Waals surface area contributed by atoms with Gasteiger partial charge in [0, 0.05) is 30.6 Å². The van der Waals surface area contributed by atoms with Gasteiger partial charge in [0.1, 0.15) is 11.5 Å². The zero-order valence-electron chi connectivity index (χ0n) is 9.88. The van der Waals surface area contributed by atoms with Gasteiger partial charge in [0.2, 0.25) is 0 Å². The summed E-state index contributed by atoms with van der Waals surface area (Å²) in [5, 5.41) is 2.65. The maximum absolute atomic E-state index is 13.4. The third-order valence-electron chi connectivity index (χ3n) is 2.72. The van der Waals surface area contributed by atoms with Gasteiger partial charge in [-0.05, 0) is 19.1 Å². The van der Waals surface area contributed by atoms with Crippen LogP contribution in [0.4, 0.5) is 18.9 Å². The number of nitrogens with zero attached hydrogens (tertiary/aromatic N) is 1. The van der Waals surface area contributed by atoms with Crippen LogP contribution in [0.5, 0.6) is 0 Å². The lowest BCUT2D eigenvalue weighted by molar-refractivity contribution is 0.546. The van der Waals surface area contributed by atoms with Crippen molar-refractivity contribution in [1.82, 2.24) is 4.57 Å². The van der Waals surface area contributed by atoms with Crippen LogP contribution >= 0.6 is 0 Å². The van der Waals surface area contributed by atoms with Crippen molar-refractivity contribution in [3.63, 3.8) is 0 Å². The number of nitrogens with one attached hydrogen (secondary N) is 1. The van der Waals surface area contributed by atoms with E-state index in [-0.39, 0.29) is 12.2 Å². The highest BCUT2D eigenvalue weighted by atomic mass is 19.1. The lowest BCUT2D eigenvalue weighted by Gasteiger charge is -2.10. The summed E-state index contributed by atoms with van der Waals surface area (Å²) in [5.74, 6) is -2.78. The monoisotopic (exact) mass is 254 g/mol. The van der Waals surface area contributed by atoms with Crippen LogP contribution in [-0.4, -0.2) is 4.57 Å². The van der Waals surface area contributed by atoms with Crippen molar-refractivity contribution < 1.29 is 13.2 Å². The van der Waals surface area contributed by atoms with Crippen LogP contribution in [0.15, 0.2) is 30.5 Å². The second-order valence-corrected chi connectivity index (χ2v) is 3.88. The van der Waals surface area contributed by atoms with E-state index in [1.165, 1.54) is 0 Å². The molecule has 2 rings (SSSR count). The van der Waals surface area contributed by atoms with E-state index < -0.39 is 17.5 Å². The number of aromatic nitrogens is 1. The molecule has 0 aliphatic rings. The Bertz CT molecular complexity index is 526. The molecule has 96 valence electrons. The minimum absolute atomic E-state index is 0.278. The third kappa shape index (κ3) is 2.50. The van der Waals surface area contributed by atoms with E-state index in [1.54, 1.807) is 0 Å². The molecule has 0 bridgehead atoms. The van der Waals surface area contributed by atoms with Crippen molar-refractivity contribution >= 4 is 5.69 Å². The van der Waals surface area contributed by atoms with E-state index in [4.69, 9.17) is 0 Å². The largest absolute Gasteiger partial charge is 0.375 e. The summed E-state index contributed by atoms with van der Waals surface area (Å²) >= 11 is 0. The number of hydrogen-bond acceptors (Lipinski definition) is 1. The molecule has 5 heteroatoms. The second-order valence-electron chi connectivity index (χ2n) is 3.88. The van der Waals surface area contributed by atoms with Gasteiger partial charge < -0.3 is 9.88 Å². The molecule has 1 heterocycles. The van der Waals surface area contributed by atoms with Gasteiger partial charge in [-0.3, -0.25) is 0 Å². The van der Waals surface area contributed by atoms with Crippen LogP contribution < -0.4 is 5.32 Å². The van der Waals surface area contributed by atoms with E-state index in [0.717, 1.165) is 12.2 Å². The fourth-order valence-electron chi connectivity index (χ4n) is 1.81. The smallest absolute Gasteiger partial charge is 0.152 e. The van der Waals surface area contributed by atoms with E-state index >= 15 is 0 Å². The Morgan fingerprint density at radius 1 is 1.17 bits per heavy atom. The van der Waals surface area contributed by atoms with Gasteiger partial charge in [0.05, 0.1) is 6.54 Å². The van der Waals surface area contributed by atoms with Crippen LogP contribution in [0, 0.1) is 17.5 Å². The van der Waals surface area contributed by atoms with Gasteiger partial charge in [-0.2, -0.15) is 0 Å². The predicted molar refractivity (Wildman–Crippen MR) is 63.7 cm³/mol. The second kappa shape index (κ2) is 5.16. The fourth-order valence-corrected chi connectivity index (χ4v) is 1.81. The topological polar surface area (TPSA) is 17.0 Å². The number of anilines is 1. The molecule has 0 saturated heterocycles. The molecule has 0 amide bonds. The number of aryl methyl sites for hydroxylation is 1. The summed E-state index contributed by atoms with van der Waals surface area (Å²) in [6, 6.07) is 5.03. The van der Waals surface area contributed by atoms with E-state index in [2.05, 4.69) is 5.32 Å². The molecular weight excluding hydrogens is 241 g/mol. The Morgan fingerprint density at radius 3 is 2.44 bits per heavy atom. The quantitative estimate of drug-likeness (QED) is 0.883. The standard InChI is InChI=1S/C13H13F3N2/c1-2-18-5-3-4-10(18)8-17-13-11(15)6-9(14)7-12(13)16/h3-7,17H,2,8H2,1H3. The number of rotatable bonds is 4. The Labute approximate surface area is 103 Å².